The number of hydrogen-bond acceptors (Lipinski definition) is 21. The molecule has 24 heteroatoms. The number of rotatable bonds is 4. The Labute approximate surface area is 788 Å². The third kappa shape index (κ3) is 22.8. The number of benzene rings is 11. The van der Waals surface area contributed by atoms with Crippen LogP contribution < -0.4 is 4.74 Å². The summed E-state index contributed by atoms with van der Waals surface area (Å²) in [6.45, 7) is 20.8. The number of fused-ring (bicyclic) bond motifs is 19. The van der Waals surface area contributed by atoms with Crippen molar-refractivity contribution in [2.75, 3.05) is 6.61 Å². The lowest BCUT2D eigenvalue weighted by atomic mass is 9.90. The fourth-order valence-electron chi connectivity index (χ4n) is 16.9. The second-order valence-electron chi connectivity index (χ2n) is 32.0. The van der Waals surface area contributed by atoms with Gasteiger partial charge in [0.25, 0.3) is 0 Å². The number of hydrogen-bond donors (Lipinski definition) is 0. The first kappa shape index (κ1) is 99.5. The van der Waals surface area contributed by atoms with E-state index in [0.29, 0.717) is 52.9 Å². The van der Waals surface area contributed by atoms with Gasteiger partial charge in [0.15, 0.2) is 0 Å². The van der Waals surface area contributed by atoms with Crippen LogP contribution in [0.4, 0.5) is 4.39 Å². The maximum absolute atomic E-state index is 13.1. The van der Waals surface area contributed by atoms with Crippen molar-refractivity contribution in [3.8, 4) is 16.2 Å². The molecule has 0 bridgehead atoms. The van der Waals surface area contributed by atoms with Crippen LogP contribution in [0.2, 0.25) is 4.34 Å². The molecule has 4 aromatic heterocycles. The van der Waals surface area contributed by atoms with E-state index in [4.69, 9.17) is 55.0 Å². The zero-order valence-electron chi connectivity index (χ0n) is 72.1. The molecule has 0 saturated heterocycles. The first-order valence-corrected chi connectivity index (χ1v) is 43.6. The van der Waals surface area contributed by atoms with Gasteiger partial charge < -0.3 is 43.4 Å². The number of thiophene rings is 1. The van der Waals surface area contributed by atoms with Crippen molar-refractivity contribution < 1.29 is 47.8 Å². The number of aryl methyl sites for hydroxylation is 1. The van der Waals surface area contributed by atoms with Gasteiger partial charge >= 0.3 is 0 Å². The van der Waals surface area contributed by atoms with E-state index in [1.165, 1.54) is 132 Å². The molecule has 12 heterocycles. The van der Waals surface area contributed by atoms with Gasteiger partial charge in [-0.25, -0.2) is 4.39 Å². The zero-order valence-corrected chi connectivity index (χ0v) is 73.7. The number of oxime groups is 8. The Morgan fingerprint density at radius 3 is 1.38 bits per heavy atom. The molecule has 0 spiro atoms. The van der Waals surface area contributed by atoms with E-state index in [1.54, 1.807) is 23.6 Å². The molecular formula is C109H118ClFN12O9S. The van der Waals surface area contributed by atoms with Crippen molar-refractivity contribution in [3.05, 3.63) is 330 Å². The van der Waals surface area contributed by atoms with Crippen molar-refractivity contribution in [2.24, 2.45) is 54.2 Å². The van der Waals surface area contributed by atoms with E-state index >= 15 is 0 Å². The summed E-state index contributed by atoms with van der Waals surface area (Å²) in [7, 11) is 1.93. The Balaban J connectivity index is 0.000000146. The second-order valence-corrected chi connectivity index (χ2v) is 33.7. The van der Waals surface area contributed by atoms with Crippen LogP contribution in [0.3, 0.4) is 0 Å². The molecule has 21 nitrogen and oxygen atoms in total. The summed E-state index contributed by atoms with van der Waals surface area (Å²) in [5.41, 5.74) is 30.4. The van der Waals surface area contributed by atoms with Crippen LogP contribution in [0.1, 0.15) is 221 Å². The summed E-state index contributed by atoms with van der Waals surface area (Å²) in [6, 6.07) is 71.0. The summed E-state index contributed by atoms with van der Waals surface area (Å²) in [4.78, 5) is 51.2. The van der Waals surface area contributed by atoms with Gasteiger partial charge in [-0.3, -0.25) is 14.6 Å². The fraction of sp³-hybridized carbons (Fsp3) is 0.275. The van der Waals surface area contributed by atoms with Crippen molar-refractivity contribution in [2.45, 2.75) is 185 Å². The van der Waals surface area contributed by atoms with Crippen LogP contribution in [0, 0.1) is 11.7 Å². The second kappa shape index (κ2) is 45.7. The fourth-order valence-corrected chi connectivity index (χ4v) is 18.0. The van der Waals surface area contributed by atoms with E-state index in [-0.39, 0.29) is 50.4 Å². The molecule has 9 aliphatic rings. The summed E-state index contributed by atoms with van der Waals surface area (Å²) >= 11 is 7.54. The molecule has 1 fully saturated rings. The van der Waals surface area contributed by atoms with Gasteiger partial charge in [-0.1, -0.05) is 250 Å². The van der Waals surface area contributed by atoms with Crippen LogP contribution in [0.25, 0.3) is 75.5 Å². The Bertz CT molecular complexity index is 6690. The number of ether oxygens (including phenoxy) is 1. The average Bonchev–Trinajstić information content (AvgIpc) is 1.08. The molecule has 0 N–H and O–H groups in total. The van der Waals surface area contributed by atoms with Crippen molar-refractivity contribution >= 4 is 134 Å². The summed E-state index contributed by atoms with van der Waals surface area (Å²) in [5.74, 6) is 1.49. The summed E-state index contributed by atoms with van der Waals surface area (Å²) < 4.78 is 21.7. The van der Waals surface area contributed by atoms with E-state index in [9.17, 15) is 4.39 Å². The highest BCUT2D eigenvalue weighted by Gasteiger charge is 2.24. The average molecular weight is 1830 g/mol. The van der Waals surface area contributed by atoms with Crippen molar-refractivity contribution in [1.82, 2.24) is 19.7 Å². The Morgan fingerprint density at radius 2 is 0.789 bits per heavy atom. The maximum atomic E-state index is 13.1. The van der Waals surface area contributed by atoms with Gasteiger partial charge in [0.2, 0.25) is 0 Å². The molecule has 11 aromatic carbocycles. The molecule has 688 valence electrons. The van der Waals surface area contributed by atoms with Crippen LogP contribution in [0.15, 0.2) is 272 Å². The molecule has 0 atom stereocenters. The van der Waals surface area contributed by atoms with E-state index in [1.807, 2.05) is 128 Å². The molecule has 8 aliphatic heterocycles. The number of pyridine rings is 2. The Kier molecular flexibility index (Phi) is 34.2. The van der Waals surface area contributed by atoms with E-state index < -0.39 is 0 Å². The van der Waals surface area contributed by atoms with Crippen LogP contribution in [-0.4, -0.2) is 72.0 Å². The van der Waals surface area contributed by atoms with Crippen LogP contribution in [0.5, 0.6) is 5.75 Å². The third-order valence-corrected chi connectivity index (χ3v) is 24.7. The molecule has 15 aromatic rings. The molecule has 0 amide bonds. The van der Waals surface area contributed by atoms with Gasteiger partial charge in [0.05, 0.1) is 73.2 Å². The minimum atomic E-state index is -0.213. The highest BCUT2D eigenvalue weighted by atomic mass is 35.5. The zero-order chi connectivity index (χ0) is 87.4. The minimum Gasteiger partial charge on any atom is -0.493 e. The van der Waals surface area contributed by atoms with Crippen molar-refractivity contribution in [3.63, 3.8) is 0 Å². The molecule has 133 heavy (non-hydrogen) atoms. The Hall–Kier alpha value is -14.0. The molecule has 1 saturated carbocycles. The van der Waals surface area contributed by atoms with Gasteiger partial charge in [0.1, 0.15) is 64.4 Å². The largest absolute Gasteiger partial charge is 0.493 e. The molecule has 24 rings (SSSR count). The molecule has 0 radical (unpaired) electrons. The number of nitrogens with zero attached hydrogens (tertiary/aromatic N) is 12. The number of halogens is 2. The van der Waals surface area contributed by atoms with Crippen LogP contribution >= 0.6 is 22.9 Å². The lowest BCUT2D eigenvalue weighted by Gasteiger charge is -2.22. The topological polar surface area (TPSA) is 226 Å². The third-order valence-electron chi connectivity index (χ3n) is 23.5. The number of aromatic nitrogens is 4. The van der Waals surface area contributed by atoms with Gasteiger partial charge in [-0.05, 0) is 191 Å². The first-order chi connectivity index (χ1) is 62.0. The quantitative estimate of drug-likeness (QED) is 0.160. The van der Waals surface area contributed by atoms with Gasteiger partial charge in [-0.15, -0.1) is 11.3 Å². The van der Waals surface area contributed by atoms with E-state index in [2.05, 4.69) is 202 Å². The van der Waals surface area contributed by atoms with Gasteiger partial charge in [-0.2, -0.15) is 5.10 Å². The monoisotopic (exact) mass is 1820 g/mol. The normalized spacial score (nSPS) is 14.4. The smallest absolute Gasteiger partial charge is 0.145 e. The Morgan fingerprint density at radius 1 is 0.361 bits per heavy atom. The highest BCUT2D eigenvalue weighted by Crippen LogP contribution is 2.37. The van der Waals surface area contributed by atoms with Gasteiger partial charge in [0, 0.05) is 136 Å². The SMILES string of the molecule is C.C.C.C.C.C.CC1=NOCc2c1ccc1cc(F)ccc21.CC1=NOCc2c1ccc1ccccc21.CC1=NOCc2c1ccc1cccnc21.CC1=NOCc2c1ccc1cn(C)nc21.CC1=NOCc2c1ccc1ncccc21.CC1=NOCc2cc(-c3ccc(Cl)s3)ccc21.CC1=NOCc2cc(OCC3CCCCC3)ccc21.CC1=NOCc2cc3ccccc3cc21. The lowest BCUT2D eigenvalue weighted by Crippen LogP contribution is -2.15. The van der Waals surface area contributed by atoms with Crippen LogP contribution in [-0.2, 0) is 98.6 Å². The highest BCUT2D eigenvalue weighted by molar-refractivity contribution is 7.19. The summed E-state index contributed by atoms with van der Waals surface area (Å²) in [5, 5.41) is 46.7. The van der Waals surface area contributed by atoms with E-state index in [0.717, 1.165) is 145 Å². The lowest BCUT2D eigenvalue weighted by molar-refractivity contribution is 0.125. The minimum absolute atomic E-state index is 0. The molecular weight excluding hydrogens is 1710 g/mol. The summed E-state index contributed by atoms with van der Waals surface area (Å²) in [6.07, 6.45) is 12.4. The predicted molar refractivity (Wildman–Crippen MR) is 546 cm³/mol. The van der Waals surface area contributed by atoms with Crippen molar-refractivity contribution in [1.29, 1.82) is 0 Å². The standard InChI is InChI=1S/C16H21NO2.C13H10ClNOS.C13H10FNO.2C13H11NO.2C12H10N2O.C11H11N3O.6CH4/c1-12-16-8-7-15(9-14(16)11-19-17-12)18-10-13-5-3-2-4-6-13;1-8-11-3-2-9(6-10(11)7-16-15-8)12-4-5-13(14)17-12;1-8-11-4-2-9-6-10(14)3-5-12(9)13(11)7-16-15-8;1-9-13-7-11-5-3-2-4-10(11)6-12(13)8-15-14-9;1-9-11-7-6-10-4-2-3-5-12(10)13(11)8-15-14-9;1-8-9-4-5-12-10(3-2-6-13-12)11(9)7-15-14-8;1-8-10-5-4-9-3-2-6-13-12(9)11(10)7-15-14-8;1-7-9-4-3-8-5-14(2)12-11(8)10(9)6-15-13-7;;;;;;/h7-9,13H,2-6,10-11H2,1H3;2-6H,7H2,1H3;2-6H,7H2,1H3;2*2-7H,8H2,1H3;2*2-6H,7H2,1H3;3-5H,6H2,1-2H3;6*1H4. The molecule has 1 aliphatic carbocycles. The predicted octanol–water partition coefficient (Wildman–Crippen LogP) is 28.3. The molecule has 0 unspecified atom stereocenters. The maximum Gasteiger partial charge on any atom is 0.145 e. The first-order valence-electron chi connectivity index (χ1n) is 42.4.